The molecule has 1 aliphatic rings. The van der Waals surface area contributed by atoms with Crippen molar-refractivity contribution in [1.29, 1.82) is 0 Å². The third-order valence-electron chi connectivity index (χ3n) is 6.69. The Morgan fingerprint density at radius 1 is 1.11 bits per heavy atom. The zero-order valence-electron chi connectivity index (χ0n) is 21.8. The van der Waals surface area contributed by atoms with Crippen molar-refractivity contribution in [2.24, 2.45) is 0 Å². The topological polar surface area (TPSA) is 108 Å². The number of para-hydroxylation sites is 1. The minimum Gasteiger partial charge on any atom is -0.456 e. The number of aliphatic hydroxyl groups excluding tert-OH is 1. The highest BCUT2D eigenvalue weighted by atomic mass is 16.3. The van der Waals surface area contributed by atoms with Gasteiger partial charge >= 0.3 is 6.03 Å². The van der Waals surface area contributed by atoms with E-state index in [4.69, 9.17) is 9.40 Å². The van der Waals surface area contributed by atoms with Gasteiger partial charge in [0.05, 0.1) is 11.7 Å². The molecule has 4 aromatic rings. The number of nitrogens with one attached hydrogen (secondary N) is 2. The van der Waals surface area contributed by atoms with Crippen LogP contribution in [0.25, 0.3) is 33.6 Å². The molecule has 2 aromatic carbocycles. The Kier molecular flexibility index (Phi) is 7.15. The molecule has 0 spiro atoms. The van der Waals surface area contributed by atoms with Gasteiger partial charge in [0, 0.05) is 47.8 Å². The zero-order chi connectivity index (χ0) is 26.8. The molecule has 0 bridgehead atoms. The van der Waals surface area contributed by atoms with Gasteiger partial charge < -0.3 is 25.1 Å². The molecule has 0 radical (unpaired) electrons. The summed E-state index contributed by atoms with van der Waals surface area (Å²) in [6, 6.07) is 18.8. The highest BCUT2D eigenvalue weighted by Crippen LogP contribution is 2.42. The molecule has 0 saturated carbocycles. The van der Waals surface area contributed by atoms with E-state index >= 15 is 0 Å². The molecule has 0 fully saturated rings. The van der Waals surface area contributed by atoms with Crippen LogP contribution in [-0.4, -0.2) is 46.1 Å². The molecule has 38 heavy (non-hydrogen) atoms. The number of furan rings is 1. The summed E-state index contributed by atoms with van der Waals surface area (Å²) in [6.07, 6.45) is 0.358. The summed E-state index contributed by atoms with van der Waals surface area (Å²) in [5.41, 5.74) is 5.11. The number of hydrogen-bond donors (Lipinski definition) is 3. The molecule has 3 N–H and O–H groups in total. The molecule has 5 rings (SSSR count). The van der Waals surface area contributed by atoms with Crippen LogP contribution >= 0.6 is 0 Å². The van der Waals surface area contributed by atoms with E-state index in [1.807, 2.05) is 75.4 Å². The molecule has 0 unspecified atom stereocenters. The van der Waals surface area contributed by atoms with E-state index in [2.05, 4.69) is 10.6 Å². The lowest BCUT2D eigenvalue weighted by atomic mass is 9.94. The van der Waals surface area contributed by atoms with E-state index in [0.29, 0.717) is 30.9 Å². The van der Waals surface area contributed by atoms with Gasteiger partial charge in [0.1, 0.15) is 17.0 Å². The number of aromatic nitrogens is 1. The number of pyridine rings is 1. The van der Waals surface area contributed by atoms with Crippen LogP contribution in [0.15, 0.2) is 65.1 Å². The molecule has 3 amide bonds. The lowest BCUT2D eigenvalue weighted by Gasteiger charge is -2.26. The molecule has 1 aliphatic heterocycles. The highest BCUT2D eigenvalue weighted by Gasteiger charge is 2.37. The molecule has 3 heterocycles. The van der Waals surface area contributed by atoms with Crippen LogP contribution in [0.4, 0.5) is 4.79 Å². The van der Waals surface area contributed by atoms with E-state index in [0.717, 1.165) is 39.0 Å². The van der Waals surface area contributed by atoms with Crippen molar-refractivity contribution in [3.63, 3.8) is 0 Å². The number of benzene rings is 2. The molecule has 196 valence electrons. The second-order valence-corrected chi connectivity index (χ2v) is 9.78. The van der Waals surface area contributed by atoms with Gasteiger partial charge in [0.25, 0.3) is 5.91 Å². The van der Waals surface area contributed by atoms with Gasteiger partial charge in [-0.1, -0.05) is 36.4 Å². The van der Waals surface area contributed by atoms with Gasteiger partial charge in [-0.2, -0.15) is 0 Å². The summed E-state index contributed by atoms with van der Waals surface area (Å²) in [6.45, 7) is 6.39. The predicted molar refractivity (Wildman–Crippen MR) is 147 cm³/mol. The number of rotatable bonds is 7. The number of nitrogens with zero attached hydrogens (tertiary/aromatic N) is 2. The van der Waals surface area contributed by atoms with Crippen LogP contribution in [0.5, 0.6) is 0 Å². The Morgan fingerprint density at radius 2 is 1.89 bits per heavy atom. The van der Waals surface area contributed by atoms with Crippen molar-refractivity contribution < 1.29 is 19.1 Å². The quantitative estimate of drug-likeness (QED) is 0.313. The van der Waals surface area contributed by atoms with Crippen LogP contribution in [0.2, 0.25) is 0 Å². The van der Waals surface area contributed by atoms with Crippen LogP contribution in [0, 0.1) is 0 Å². The van der Waals surface area contributed by atoms with E-state index in [9.17, 15) is 14.7 Å². The predicted octanol–water partition coefficient (Wildman–Crippen LogP) is 5.27. The SMILES string of the molecule is CCNC(=O)c1cc2c(c(-c3cccc(-c4cc5ccccc5o4)c3)n1)[C@@H](CCO)N(C(=O)NC(C)C)C2. The lowest BCUT2D eigenvalue weighted by Crippen LogP contribution is -2.42. The Labute approximate surface area is 221 Å². The third kappa shape index (κ3) is 4.87. The smallest absolute Gasteiger partial charge is 0.318 e. The van der Waals surface area contributed by atoms with Gasteiger partial charge in [-0.25, -0.2) is 9.78 Å². The first-order chi connectivity index (χ1) is 18.4. The average Bonchev–Trinajstić information content (AvgIpc) is 3.50. The Balaban J connectivity index is 1.64. The fourth-order valence-corrected chi connectivity index (χ4v) is 5.06. The fourth-order valence-electron chi connectivity index (χ4n) is 5.06. The maximum atomic E-state index is 13.1. The first-order valence-corrected chi connectivity index (χ1v) is 13.0. The number of urea groups is 1. The number of fused-ring (bicyclic) bond motifs is 2. The molecule has 2 aromatic heterocycles. The molecule has 1 atom stereocenters. The second kappa shape index (κ2) is 10.7. The second-order valence-electron chi connectivity index (χ2n) is 9.78. The van der Waals surface area contributed by atoms with Gasteiger partial charge in [-0.3, -0.25) is 4.79 Å². The number of carbonyl (C=O) groups excluding carboxylic acids is 2. The van der Waals surface area contributed by atoms with Crippen molar-refractivity contribution in [2.75, 3.05) is 13.2 Å². The van der Waals surface area contributed by atoms with Crippen LogP contribution in [0.3, 0.4) is 0 Å². The van der Waals surface area contributed by atoms with Crippen LogP contribution < -0.4 is 10.6 Å². The molecular formula is C30H32N4O4. The minimum atomic E-state index is -0.380. The summed E-state index contributed by atoms with van der Waals surface area (Å²) >= 11 is 0. The maximum Gasteiger partial charge on any atom is 0.318 e. The van der Waals surface area contributed by atoms with Gasteiger partial charge in [-0.05, 0) is 57.0 Å². The van der Waals surface area contributed by atoms with Crippen molar-refractivity contribution in [2.45, 2.75) is 45.8 Å². The van der Waals surface area contributed by atoms with E-state index in [-0.39, 0.29) is 30.6 Å². The summed E-state index contributed by atoms with van der Waals surface area (Å²) in [7, 11) is 0. The Bertz CT molecular complexity index is 1460. The van der Waals surface area contributed by atoms with E-state index in [1.54, 1.807) is 11.0 Å². The molecule has 0 aliphatic carbocycles. The van der Waals surface area contributed by atoms with Crippen molar-refractivity contribution in [3.05, 3.63) is 77.5 Å². The number of carbonyl (C=O) groups is 2. The fraction of sp³-hybridized carbons (Fsp3) is 0.300. The number of aliphatic hydroxyl groups is 1. The largest absolute Gasteiger partial charge is 0.456 e. The Hall–Kier alpha value is -4.17. The Morgan fingerprint density at radius 3 is 2.63 bits per heavy atom. The zero-order valence-corrected chi connectivity index (χ0v) is 21.8. The van der Waals surface area contributed by atoms with E-state index in [1.165, 1.54) is 0 Å². The van der Waals surface area contributed by atoms with Gasteiger partial charge in [0.2, 0.25) is 0 Å². The maximum absolute atomic E-state index is 13.1. The van der Waals surface area contributed by atoms with Crippen molar-refractivity contribution >= 4 is 22.9 Å². The minimum absolute atomic E-state index is 0.0371. The van der Waals surface area contributed by atoms with Crippen LogP contribution in [-0.2, 0) is 6.54 Å². The molecule has 0 saturated heterocycles. The summed E-state index contributed by atoms with van der Waals surface area (Å²) < 4.78 is 6.10. The molecule has 8 heteroatoms. The standard InChI is InChI=1S/C30H32N4O4/c1-4-31-29(36)23-15-22-17-34(30(37)32-18(2)3)24(12-13-35)27(22)28(33-23)21-10-7-9-19(14-21)26-16-20-8-5-6-11-25(20)38-26/h5-11,14-16,18,24,35H,4,12-13,17H2,1-3H3,(H,31,36)(H,32,37)/t24-/m1/s1. The molecule has 8 nitrogen and oxygen atoms in total. The monoisotopic (exact) mass is 512 g/mol. The average molecular weight is 513 g/mol. The number of amides is 3. The van der Waals surface area contributed by atoms with Gasteiger partial charge in [0.15, 0.2) is 0 Å². The normalized spacial score (nSPS) is 14.7. The lowest BCUT2D eigenvalue weighted by molar-refractivity contribution is 0.0950. The summed E-state index contributed by atoms with van der Waals surface area (Å²) in [4.78, 5) is 32.5. The van der Waals surface area contributed by atoms with Gasteiger partial charge in [-0.15, -0.1) is 0 Å². The van der Waals surface area contributed by atoms with Crippen LogP contribution in [0.1, 0.15) is 54.8 Å². The summed E-state index contributed by atoms with van der Waals surface area (Å²) in [5, 5.41) is 16.7. The van der Waals surface area contributed by atoms with E-state index < -0.39 is 0 Å². The highest BCUT2D eigenvalue weighted by molar-refractivity contribution is 5.94. The number of hydrogen-bond acceptors (Lipinski definition) is 5. The molecular weight excluding hydrogens is 480 g/mol. The van der Waals surface area contributed by atoms with Crippen molar-refractivity contribution in [1.82, 2.24) is 20.5 Å². The summed E-state index contributed by atoms with van der Waals surface area (Å²) in [5.74, 6) is 0.461. The first kappa shape index (κ1) is 25.5. The third-order valence-corrected chi connectivity index (χ3v) is 6.69. The first-order valence-electron chi connectivity index (χ1n) is 13.0. The van der Waals surface area contributed by atoms with Crippen molar-refractivity contribution in [3.8, 4) is 22.6 Å².